The van der Waals surface area contributed by atoms with E-state index in [1.165, 1.54) is 19.3 Å². The molecule has 1 unspecified atom stereocenters. The van der Waals surface area contributed by atoms with Gasteiger partial charge in [0, 0.05) is 50.4 Å². The maximum Gasteiger partial charge on any atom is 0.253 e. The highest BCUT2D eigenvalue weighted by molar-refractivity contribution is 5.94. The number of hydrogen-bond acceptors (Lipinski definition) is 3. The van der Waals surface area contributed by atoms with E-state index >= 15 is 0 Å². The standard InChI is InChI=1S/C18H27N3O/c1-20(2)16-7-5-15(6-8-16)17(22)21-12-4-10-18(14-21)9-3-11-19-13-18/h5-8,19H,3-4,9-14H2,1-2H3. The van der Waals surface area contributed by atoms with Crippen LogP contribution in [0.2, 0.25) is 0 Å². The van der Waals surface area contributed by atoms with Crippen LogP contribution in [0, 0.1) is 5.41 Å². The molecule has 1 amide bonds. The highest BCUT2D eigenvalue weighted by Crippen LogP contribution is 2.36. The molecule has 3 rings (SSSR count). The first-order chi connectivity index (χ1) is 10.6. The van der Waals surface area contributed by atoms with Gasteiger partial charge in [0.1, 0.15) is 0 Å². The molecular formula is C18H27N3O. The summed E-state index contributed by atoms with van der Waals surface area (Å²) >= 11 is 0. The minimum absolute atomic E-state index is 0.190. The fraction of sp³-hybridized carbons (Fsp3) is 0.611. The summed E-state index contributed by atoms with van der Waals surface area (Å²) in [6.07, 6.45) is 4.87. The van der Waals surface area contributed by atoms with Crippen LogP contribution < -0.4 is 10.2 Å². The highest BCUT2D eigenvalue weighted by Gasteiger charge is 2.38. The van der Waals surface area contributed by atoms with Gasteiger partial charge in [-0.3, -0.25) is 4.79 Å². The maximum absolute atomic E-state index is 12.8. The third-order valence-electron chi connectivity index (χ3n) is 5.14. The van der Waals surface area contributed by atoms with E-state index in [4.69, 9.17) is 0 Å². The predicted molar refractivity (Wildman–Crippen MR) is 90.4 cm³/mol. The molecule has 0 aromatic heterocycles. The van der Waals surface area contributed by atoms with Gasteiger partial charge in [0.15, 0.2) is 0 Å². The average Bonchev–Trinajstić information content (AvgIpc) is 2.55. The number of amides is 1. The van der Waals surface area contributed by atoms with Crippen molar-refractivity contribution < 1.29 is 4.79 Å². The third-order valence-corrected chi connectivity index (χ3v) is 5.14. The van der Waals surface area contributed by atoms with Gasteiger partial charge in [0.2, 0.25) is 0 Å². The minimum Gasteiger partial charge on any atom is -0.378 e. The van der Waals surface area contributed by atoms with Gasteiger partial charge in [-0.05, 0) is 56.5 Å². The Labute approximate surface area is 133 Å². The van der Waals surface area contributed by atoms with Crippen molar-refractivity contribution in [3.05, 3.63) is 29.8 Å². The Hall–Kier alpha value is -1.55. The van der Waals surface area contributed by atoms with Crippen molar-refractivity contribution >= 4 is 11.6 Å². The van der Waals surface area contributed by atoms with Crippen molar-refractivity contribution in [3.8, 4) is 0 Å². The molecule has 2 heterocycles. The Morgan fingerprint density at radius 1 is 1.18 bits per heavy atom. The number of likely N-dealkylation sites (tertiary alicyclic amines) is 1. The first-order valence-electron chi connectivity index (χ1n) is 8.37. The molecule has 2 aliphatic rings. The summed E-state index contributed by atoms with van der Waals surface area (Å²) < 4.78 is 0. The summed E-state index contributed by atoms with van der Waals surface area (Å²) in [7, 11) is 4.03. The zero-order chi connectivity index (χ0) is 15.6. The fourth-order valence-corrected chi connectivity index (χ4v) is 3.84. The molecule has 2 fully saturated rings. The molecule has 2 saturated heterocycles. The van der Waals surface area contributed by atoms with Crippen LogP contribution in [0.15, 0.2) is 24.3 Å². The molecule has 0 radical (unpaired) electrons. The smallest absolute Gasteiger partial charge is 0.253 e. The zero-order valence-corrected chi connectivity index (χ0v) is 13.8. The number of anilines is 1. The van der Waals surface area contributed by atoms with Gasteiger partial charge in [-0.15, -0.1) is 0 Å². The second-order valence-corrected chi connectivity index (χ2v) is 7.05. The largest absolute Gasteiger partial charge is 0.378 e. The number of nitrogens with one attached hydrogen (secondary N) is 1. The molecule has 4 nitrogen and oxygen atoms in total. The number of hydrogen-bond donors (Lipinski definition) is 1. The van der Waals surface area contributed by atoms with Crippen LogP contribution in [0.3, 0.4) is 0 Å². The Morgan fingerprint density at radius 2 is 1.91 bits per heavy atom. The molecule has 0 saturated carbocycles. The number of rotatable bonds is 2. The molecule has 0 aliphatic carbocycles. The van der Waals surface area contributed by atoms with Gasteiger partial charge in [0.05, 0.1) is 0 Å². The van der Waals surface area contributed by atoms with Gasteiger partial charge in [-0.1, -0.05) is 0 Å². The Balaban J connectivity index is 1.71. The van der Waals surface area contributed by atoms with Crippen LogP contribution in [0.1, 0.15) is 36.0 Å². The molecule has 22 heavy (non-hydrogen) atoms. The first-order valence-corrected chi connectivity index (χ1v) is 8.37. The summed E-state index contributed by atoms with van der Waals surface area (Å²) in [5, 5.41) is 3.52. The van der Waals surface area contributed by atoms with Gasteiger partial charge >= 0.3 is 0 Å². The van der Waals surface area contributed by atoms with Crippen molar-refractivity contribution in [2.75, 3.05) is 45.2 Å². The average molecular weight is 301 g/mol. The van der Waals surface area contributed by atoms with Crippen LogP contribution in [-0.2, 0) is 0 Å². The summed E-state index contributed by atoms with van der Waals surface area (Å²) in [6, 6.07) is 7.96. The Morgan fingerprint density at radius 3 is 2.55 bits per heavy atom. The summed E-state index contributed by atoms with van der Waals surface area (Å²) in [4.78, 5) is 16.9. The van der Waals surface area contributed by atoms with Gasteiger partial charge in [0.25, 0.3) is 5.91 Å². The number of benzene rings is 1. The lowest BCUT2D eigenvalue weighted by molar-refractivity contribution is 0.0434. The number of piperidine rings is 2. The molecule has 1 aromatic rings. The molecular weight excluding hydrogens is 274 g/mol. The van der Waals surface area contributed by atoms with Crippen molar-refractivity contribution in [2.24, 2.45) is 5.41 Å². The van der Waals surface area contributed by atoms with E-state index in [-0.39, 0.29) is 5.91 Å². The SMILES string of the molecule is CN(C)c1ccc(C(=O)N2CCCC3(CCCNC3)C2)cc1. The number of carbonyl (C=O) groups excluding carboxylic acids is 1. The van der Waals surface area contributed by atoms with Crippen molar-refractivity contribution in [3.63, 3.8) is 0 Å². The molecule has 1 atom stereocenters. The molecule has 2 aliphatic heterocycles. The van der Waals surface area contributed by atoms with Gasteiger partial charge in [-0.2, -0.15) is 0 Å². The first kappa shape index (κ1) is 15.3. The quantitative estimate of drug-likeness (QED) is 0.911. The third kappa shape index (κ3) is 3.12. The van der Waals surface area contributed by atoms with E-state index < -0.39 is 0 Å². The van der Waals surface area contributed by atoms with Crippen LogP contribution >= 0.6 is 0 Å². The summed E-state index contributed by atoms with van der Waals surface area (Å²) in [5.41, 5.74) is 2.25. The van der Waals surface area contributed by atoms with E-state index in [1.54, 1.807) is 0 Å². The normalized spacial score (nSPS) is 25.3. The predicted octanol–water partition coefficient (Wildman–Crippen LogP) is 2.36. The van der Waals surface area contributed by atoms with Crippen molar-refractivity contribution in [2.45, 2.75) is 25.7 Å². The van der Waals surface area contributed by atoms with E-state index in [2.05, 4.69) is 15.1 Å². The Kier molecular flexibility index (Phi) is 4.39. The highest BCUT2D eigenvalue weighted by atomic mass is 16.2. The molecule has 4 heteroatoms. The zero-order valence-electron chi connectivity index (χ0n) is 13.8. The molecule has 120 valence electrons. The maximum atomic E-state index is 12.8. The van der Waals surface area contributed by atoms with Crippen molar-refractivity contribution in [1.82, 2.24) is 10.2 Å². The van der Waals surface area contributed by atoms with Crippen LogP contribution in [0.25, 0.3) is 0 Å². The monoisotopic (exact) mass is 301 g/mol. The topological polar surface area (TPSA) is 35.6 Å². The lowest BCUT2D eigenvalue weighted by Gasteiger charge is -2.45. The lowest BCUT2D eigenvalue weighted by Crippen LogP contribution is -2.52. The van der Waals surface area contributed by atoms with Crippen molar-refractivity contribution in [1.29, 1.82) is 0 Å². The molecule has 0 bridgehead atoms. The Bertz CT molecular complexity index is 512. The van der Waals surface area contributed by atoms with E-state index in [0.717, 1.165) is 43.9 Å². The fourth-order valence-electron chi connectivity index (χ4n) is 3.84. The summed E-state index contributed by atoms with van der Waals surface area (Å²) in [5.74, 6) is 0.190. The number of nitrogens with zero attached hydrogens (tertiary/aromatic N) is 2. The second kappa shape index (κ2) is 6.29. The van der Waals surface area contributed by atoms with Gasteiger partial charge in [-0.25, -0.2) is 0 Å². The lowest BCUT2D eigenvalue weighted by atomic mass is 9.74. The van der Waals surface area contributed by atoms with Crippen LogP contribution in [-0.4, -0.2) is 51.1 Å². The number of carbonyl (C=O) groups is 1. The van der Waals surface area contributed by atoms with Crippen LogP contribution in [0.5, 0.6) is 0 Å². The molecule has 1 aromatic carbocycles. The van der Waals surface area contributed by atoms with E-state index in [9.17, 15) is 4.79 Å². The van der Waals surface area contributed by atoms with Gasteiger partial charge < -0.3 is 15.1 Å². The van der Waals surface area contributed by atoms with E-state index in [0.29, 0.717) is 5.41 Å². The van der Waals surface area contributed by atoms with E-state index in [1.807, 2.05) is 38.4 Å². The summed E-state index contributed by atoms with van der Waals surface area (Å²) in [6.45, 7) is 4.00. The second-order valence-electron chi connectivity index (χ2n) is 7.05. The molecule has 1 N–H and O–H groups in total. The minimum atomic E-state index is 0.190. The molecule has 1 spiro atoms. The van der Waals surface area contributed by atoms with Crippen LogP contribution in [0.4, 0.5) is 5.69 Å².